The number of methoxy groups -OCH3 is 1. The van der Waals surface area contributed by atoms with E-state index in [1.807, 2.05) is 0 Å². The van der Waals surface area contributed by atoms with E-state index in [0.717, 1.165) is 12.8 Å². The number of benzene rings is 2. The zero-order chi connectivity index (χ0) is 22.2. The van der Waals surface area contributed by atoms with Crippen LogP contribution in [0.3, 0.4) is 0 Å². The Hall–Kier alpha value is -2.58. The molecule has 5 nitrogen and oxygen atoms in total. The molecule has 31 heavy (non-hydrogen) atoms. The molecule has 1 unspecified atom stereocenters. The SMILES string of the molecule is COCC1CCN(C(=O)COc2ccc3c(c2)C(O)(C(F)(F)F)c2ccccc2-3)CC1. The maximum atomic E-state index is 13.9. The van der Waals surface area contributed by atoms with Crippen LogP contribution in [0.25, 0.3) is 11.1 Å². The highest BCUT2D eigenvalue weighted by Gasteiger charge is 2.60. The average Bonchev–Trinajstić information content (AvgIpc) is 3.02. The summed E-state index contributed by atoms with van der Waals surface area (Å²) in [4.78, 5) is 14.2. The Bertz CT molecular complexity index is 970. The third-order valence-corrected chi connectivity index (χ3v) is 6.13. The van der Waals surface area contributed by atoms with Gasteiger partial charge in [0.1, 0.15) is 5.75 Å². The number of rotatable bonds is 5. The number of likely N-dealkylation sites (tertiary alicyclic amines) is 1. The van der Waals surface area contributed by atoms with Crippen LogP contribution in [0.2, 0.25) is 0 Å². The monoisotopic (exact) mass is 435 g/mol. The van der Waals surface area contributed by atoms with E-state index < -0.39 is 11.8 Å². The topological polar surface area (TPSA) is 59.0 Å². The Balaban J connectivity index is 1.50. The van der Waals surface area contributed by atoms with Crippen LogP contribution < -0.4 is 4.74 Å². The molecule has 0 radical (unpaired) electrons. The van der Waals surface area contributed by atoms with Crippen molar-refractivity contribution in [3.05, 3.63) is 53.6 Å². The van der Waals surface area contributed by atoms with Crippen molar-refractivity contribution in [1.82, 2.24) is 4.90 Å². The van der Waals surface area contributed by atoms with Gasteiger partial charge in [0.25, 0.3) is 5.91 Å². The molecule has 166 valence electrons. The van der Waals surface area contributed by atoms with Crippen molar-refractivity contribution in [3.63, 3.8) is 0 Å². The van der Waals surface area contributed by atoms with Crippen LogP contribution in [0.15, 0.2) is 42.5 Å². The highest BCUT2D eigenvalue weighted by atomic mass is 19.4. The fourth-order valence-corrected chi connectivity index (χ4v) is 4.45. The second-order valence-corrected chi connectivity index (χ2v) is 8.03. The average molecular weight is 435 g/mol. The van der Waals surface area contributed by atoms with Gasteiger partial charge in [0.05, 0.1) is 0 Å². The molecule has 1 amide bonds. The molecule has 1 aliphatic heterocycles. The molecule has 8 heteroatoms. The molecule has 0 saturated carbocycles. The minimum atomic E-state index is -4.91. The lowest BCUT2D eigenvalue weighted by atomic mass is 9.91. The van der Waals surface area contributed by atoms with Gasteiger partial charge in [-0.15, -0.1) is 0 Å². The van der Waals surface area contributed by atoms with E-state index in [4.69, 9.17) is 9.47 Å². The normalized spacial score (nSPS) is 21.0. The smallest absolute Gasteiger partial charge is 0.425 e. The third-order valence-electron chi connectivity index (χ3n) is 6.13. The fraction of sp³-hybridized carbons (Fsp3) is 0.435. The summed E-state index contributed by atoms with van der Waals surface area (Å²) < 4.78 is 52.4. The molecule has 1 heterocycles. The molecule has 2 aliphatic rings. The van der Waals surface area contributed by atoms with Crippen LogP contribution in [0.4, 0.5) is 13.2 Å². The minimum Gasteiger partial charge on any atom is -0.484 e. The van der Waals surface area contributed by atoms with Crippen LogP contribution in [0, 0.1) is 5.92 Å². The number of alkyl halides is 3. The number of carbonyl (C=O) groups is 1. The summed E-state index contributed by atoms with van der Waals surface area (Å²) >= 11 is 0. The van der Waals surface area contributed by atoms with E-state index in [9.17, 15) is 23.1 Å². The molecule has 1 aliphatic carbocycles. The summed E-state index contributed by atoms with van der Waals surface area (Å²) in [6.07, 6.45) is -3.22. The zero-order valence-electron chi connectivity index (χ0n) is 17.1. The summed E-state index contributed by atoms with van der Waals surface area (Å²) in [5.74, 6) is 0.316. The summed E-state index contributed by atoms with van der Waals surface area (Å²) in [6.45, 7) is 1.59. The second kappa shape index (κ2) is 8.16. The van der Waals surface area contributed by atoms with Crippen molar-refractivity contribution in [2.45, 2.75) is 24.6 Å². The number of piperidine rings is 1. The quantitative estimate of drug-likeness (QED) is 0.778. The highest BCUT2D eigenvalue weighted by Crippen LogP contribution is 2.55. The first-order valence-electron chi connectivity index (χ1n) is 10.2. The van der Waals surface area contributed by atoms with Gasteiger partial charge in [0.2, 0.25) is 5.60 Å². The second-order valence-electron chi connectivity index (χ2n) is 8.03. The van der Waals surface area contributed by atoms with Gasteiger partial charge in [-0.05, 0) is 42.0 Å². The van der Waals surface area contributed by atoms with E-state index in [2.05, 4.69) is 0 Å². The lowest BCUT2D eigenvalue weighted by Gasteiger charge is -2.31. The van der Waals surface area contributed by atoms with E-state index >= 15 is 0 Å². The van der Waals surface area contributed by atoms with E-state index in [0.29, 0.717) is 36.7 Å². The van der Waals surface area contributed by atoms with Gasteiger partial charge >= 0.3 is 6.18 Å². The standard InChI is InChI=1S/C23H24F3NO4/c1-30-13-15-8-10-27(11-9-15)21(28)14-31-16-6-7-18-17-4-2-3-5-19(17)22(29,20(18)12-16)23(24,25)26/h2-7,12,15,29H,8-11,13-14H2,1H3. The molecule has 2 aromatic carbocycles. The summed E-state index contributed by atoms with van der Waals surface area (Å²) in [5.41, 5.74) is -2.98. The molecule has 2 aromatic rings. The van der Waals surface area contributed by atoms with Gasteiger partial charge in [-0.3, -0.25) is 4.79 Å². The molecule has 4 rings (SSSR count). The minimum absolute atomic E-state index is 0.108. The fourth-order valence-electron chi connectivity index (χ4n) is 4.45. The Labute approximate surface area is 178 Å². The molecular formula is C23H24F3NO4. The van der Waals surface area contributed by atoms with Crippen LogP contribution in [-0.4, -0.2) is 55.5 Å². The maximum absolute atomic E-state index is 13.9. The number of fused-ring (bicyclic) bond motifs is 3. The molecular weight excluding hydrogens is 411 g/mol. The lowest BCUT2D eigenvalue weighted by Crippen LogP contribution is -2.42. The van der Waals surface area contributed by atoms with Gasteiger partial charge in [-0.2, -0.15) is 13.2 Å². The number of carbonyl (C=O) groups excluding carboxylic acids is 1. The summed E-state index contributed by atoms with van der Waals surface area (Å²) in [5, 5.41) is 10.7. The number of halogens is 3. The molecule has 1 fully saturated rings. The number of aliphatic hydroxyl groups is 1. The zero-order valence-corrected chi connectivity index (χ0v) is 17.1. The van der Waals surface area contributed by atoms with Crippen LogP contribution >= 0.6 is 0 Å². The Kier molecular flexibility index (Phi) is 5.70. The lowest BCUT2D eigenvalue weighted by molar-refractivity contribution is -0.246. The van der Waals surface area contributed by atoms with Gasteiger partial charge < -0.3 is 19.5 Å². The first kappa shape index (κ1) is 21.6. The van der Waals surface area contributed by atoms with Crippen molar-refractivity contribution >= 4 is 5.91 Å². The first-order chi connectivity index (χ1) is 14.8. The van der Waals surface area contributed by atoms with Crippen molar-refractivity contribution in [2.75, 3.05) is 33.4 Å². The van der Waals surface area contributed by atoms with Crippen molar-refractivity contribution in [3.8, 4) is 16.9 Å². The maximum Gasteiger partial charge on any atom is 0.425 e. The molecule has 1 N–H and O–H groups in total. The van der Waals surface area contributed by atoms with Crippen LogP contribution in [0.5, 0.6) is 5.75 Å². The molecule has 0 bridgehead atoms. The van der Waals surface area contributed by atoms with Crippen molar-refractivity contribution in [1.29, 1.82) is 0 Å². The van der Waals surface area contributed by atoms with E-state index in [1.165, 1.54) is 30.3 Å². The van der Waals surface area contributed by atoms with Crippen LogP contribution in [0.1, 0.15) is 24.0 Å². The number of hydrogen-bond acceptors (Lipinski definition) is 4. The van der Waals surface area contributed by atoms with E-state index in [1.54, 1.807) is 24.1 Å². The predicted molar refractivity (Wildman–Crippen MR) is 108 cm³/mol. The Morgan fingerprint density at radius 2 is 1.81 bits per heavy atom. The third kappa shape index (κ3) is 3.78. The van der Waals surface area contributed by atoms with Gasteiger partial charge in [-0.1, -0.05) is 30.3 Å². The number of amides is 1. The van der Waals surface area contributed by atoms with Gasteiger partial charge in [0, 0.05) is 37.9 Å². The Morgan fingerprint density at radius 1 is 1.13 bits per heavy atom. The van der Waals surface area contributed by atoms with Crippen molar-refractivity contribution < 1.29 is 32.5 Å². The van der Waals surface area contributed by atoms with Gasteiger partial charge in [0.15, 0.2) is 6.61 Å². The Morgan fingerprint density at radius 3 is 2.48 bits per heavy atom. The summed E-state index contributed by atoms with van der Waals surface area (Å²) in [6, 6.07) is 10.1. The van der Waals surface area contributed by atoms with Crippen LogP contribution in [-0.2, 0) is 15.1 Å². The van der Waals surface area contributed by atoms with Gasteiger partial charge in [-0.25, -0.2) is 0 Å². The molecule has 1 saturated heterocycles. The highest BCUT2D eigenvalue weighted by molar-refractivity contribution is 5.81. The predicted octanol–water partition coefficient (Wildman–Crippen LogP) is 3.73. The first-order valence-corrected chi connectivity index (χ1v) is 10.2. The summed E-state index contributed by atoms with van der Waals surface area (Å²) in [7, 11) is 1.65. The number of nitrogens with zero attached hydrogens (tertiary/aromatic N) is 1. The number of ether oxygens (including phenoxy) is 2. The van der Waals surface area contributed by atoms with Crippen molar-refractivity contribution in [2.24, 2.45) is 5.92 Å². The van der Waals surface area contributed by atoms with E-state index in [-0.39, 0.29) is 29.4 Å². The number of hydrogen-bond donors (Lipinski definition) is 1. The largest absolute Gasteiger partial charge is 0.484 e. The molecule has 1 atom stereocenters. The molecule has 0 aromatic heterocycles. The molecule has 0 spiro atoms.